The summed E-state index contributed by atoms with van der Waals surface area (Å²) in [7, 11) is 0. The lowest BCUT2D eigenvalue weighted by molar-refractivity contribution is 0.0966. The van der Waals surface area contributed by atoms with E-state index in [1.54, 1.807) is 16.3 Å². The largest absolute Gasteiger partial charge is 0.350 e. The lowest BCUT2D eigenvalue weighted by atomic mass is 10.2. The molecule has 0 bridgehead atoms. The van der Waals surface area contributed by atoms with Crippen LogP contribution in [0.2, 0.25) is 0 Å². The summed E-state index contributed by atoms with van der Waals surface area (Å²) in [4.78, 5) is 40.2. The molecule has 0 saturated heterocycles. The SMILES string of the molecule is Cc1ccc(-n2nc(C)n(CCn3nnc(C(=O)Nn4c(C)ccc4C)c3C(=O)Nn3c(C)ccc3C)c2=O)cc1. The van der Waals surface area contributed by atoms with Gasteiger partial charge < -0.3 is 0 Å². The van der Waals surface area contributed by atoms with E-state index < -0.39 is 11.8 Å². The summed E-state index contributed by atoms with van der Waals surface area (Å²) >= 11 is 0. The second kappa shape index (κ2) is 10.8. The van der Waals surface area contributed by atoms with Gasteiger partial charge in [0.25, 0.3) is 11.8 Å². The maximum absolute atomic E-state index is 13.6. The van der Waals surface area contributed by atoms with Crippen LogP contribution < -0.4 is 16.5 Å². The Morgan fingerprint density at radius 3 is 1.83 bits per heavy atom. The Morgan fingerprint density at radius 2 is 1.27 bits per heavy atom. The molecule has 4 aromatic heterocycles. The Bertz CT molecular complexity index is 1780. The lowest BCUT2D eigenvalue weighted by Crippen LogP contribution is -2.32. The zero-order chi connectivity index (χ0) is 29.4. The third-order valence-electron chi connectivity index (χ3n) is 7.00. The average molecular weight is 557 g/mol. The Balaban J connectivity index is 1.47. The van der Waals surface area contributed by atoms with Gasteiger partial charge in [0.2, 0.25) is 0 Å². The molecule has 41 heavy (non-hydrogen) atoms. The Hall–Kier alpha value is -5.20. The summed E-state index contributed by atoms with van der Waals surface area (Å²) in [6.07, 6.45) is 0. The predicted molar refractivity (Wildman–Crippen MR) is 153 cm³/mol. The van der Waals surface area contributed by atoms with Crippen LogP contribution in [0.5, 0.6) is 0 Å². The fraction of sp³-hybridized carbons (Fsp3) is 0.286. The lowest BCUT2D eigenvalue weighted by Gasteiger charge is -2.14. The van der Waals surface area contributed by atoms with E-state index in [1.165, 1.54) is 13.9 Å². The number of nitrogens with one attached hydrogen (secondary N) is 2. The molecule has 13 heteroatoms. The highest BCUT2D eigenvalue weighted by atomic mass is 16.2. The van der Waals surface area contributed by atoms with Crippen molar-refractivity contribution in [1.29, 1.82) is 0 Å². The van der Waals surface area contributed by atoms with Crippen molar-refractivity contribution in [2.75, 3.05) is 10.9 Å². The van der Waals surface area contributed by atoms with Crippen molar-refractivity contribution >= 4 is 11.8 Å². The summed E-state index contributed by atoms with van der Waals surface area (Å²) < 4.78 is 7.41. The summed E-state index contributed by atoms with van der Waals surface area (Å²) in [5.41, 5.74) is 10.1. The second-order valence-corrected chi connectivity index (χ2v) is 10.0. The van der Waals surface area contributed by atoms with E-state index in [9.17, 15) is 14.4 Å². The Labute approximate surface area is 236 Å². The van der Waals surface area contributed by atoms with Crippen LogP contribution in [0.15, 0.2) is 53.3 Å². The molecule has 5 rings (SSSR count). The molecule has 0 aliphatic heterocycles. The van der Waals surface area contributed by atoms with Gasteiger partial charge in [0.1, 0.15) is 5.82 Å². The van der Waals surface area contributed by atoms with Crippen LogP contribution in [0.1, 0.15) is 55.1 Å². The molecule has 0 aliphatic rings. The smallest absolute Gasteiger partial charge is 0.277 e. The number of hydrogen-bond donors (Lipinski definition) is 2. The summed E-state index contributed by atoms with van der Waals surface area (Å²) in [6, 6.07) is 15.0. The number of carbonyl (C=O) groups is 2. The summed E-state index contributed by atoms with van der Waals surface area (Å²) in [6.45, 7) is 11.4. The van der Waals surface area contributed by atoms with Gasteiger partial charge in [-0.15, -0.1) is 5.10 Å². The molecule has 0 aliphatic carbocycles. The molecule has 0 saturated carbocycles. The molecule has 0 spiro atoms. The molecule has 13 nitrogen and oxygen atoms in total. The number of nitrogens with zero attached hydrogens (tertiary/aromatic N) is 8. The number of rotatable bonds is 8. The van der Waals surface area contributed by atoms with Crippen LogP contribution in [-0.2, 0) is 13.1 Å². The van der Waals surface area contributed by atoms with Gasteiger partial charge in [-0.1, -0.05) is 22.9 Å². The Kier molecular flexibility index (Phi) is 7.18. The highest BCUT2D eigenvalue weighted by Gasteiger charge is 2.27. The number of aromatic nitrogens is 8. The van der Waals surface area contributed by atoms with Crippen LogP contribution >= 0.6 is 0 Å². The van der Waals surface area contributed by atoms with E-state index in [0.29, 0.717) is 11.5 Å². The quantitative estimate of drug-likeness (QED) is 0.301. The zero-order valence-corrected chi connectivity index (χ0v) is 23.8. The van der Waals surface area contributed by atoms with E-state index in [-0.39, 0.29) is 30.2 Å². The number of amides is 2. The molecule has 5 aromatic rings. The van der Waals surface area contributed by atoms with Crippen molar-refractivity contribution in [2.24, 2.45) is 0 Å². The molecule has 2 N–H and O–H groups in total. The fourth-order valence-corrected chi connectivity index (χ4v) is 4.65. The standard InChI is InChI=1S/C28H32N10O3/c1-17-7-13-23(14-8-17)38-28(41)34(22(6)30-38)15-16-35-25(27(40)32-37-20(4)11-12-21(37)5)24(29-33-35)26(39)31-36-18(2)9-10-19(36)3/h7-14H,15-16H2,1-6H3,(H,31,39)(H,32,40). The first-order valence-electron chi connectivity index (χ1n) is 13.1. The van der Waals surface area contributed by atoms with Gasteiger partial charge in [-0.05, 0) is 77.9 Å². The van der Waals surface area contributed by atoms with Crippen LogP contribution in [0.25, 0.3) is 5.69 Å². The van der Waals surface area contributed by atoms with Crippen LogP contribution in [-0.4, -0.2) is 50.5 Å². The fourth-order valence-electron chi connectivity index (χ4n) is 4.65. The van der Waals surface area contributed by atoms with Gasteiger partial charge in [0, 0.05) is 29.3 Å². The van der Waals surface area contributed by atoms with Crippen molar-refractivity contribution in [3.8, 4) is 5.69 Å². The number of hydrogen-bond acceptors (Lipinski definition) is 6. The number of benzene rings is 1. The van der Waals surface area contributed by atoms with Crippen LogP contribution in [0, 0.1) is 41.5 Å². The van der Waals surface area contributed by atoms with Crippen molar-refractivity contribution in [3.05, 3.63) is 105 Å². The third-order valence-corrected chi connectivity index (χ3v) is 7.00. The number of carbonyl (C=O) groups excluding carboxylic acids is 2. The minimum Gasteiger partial charge on any atom is -0.277 e. The minimum absolute atomic E-state index is 0.0332. The van der Waals surface area contributed by atoms with E-state index in [4.69, 9.17) is 0 Å². The van der Waals surface area contributed by atoms with Crippen molar-refractivity contribution in [3.63, 3.8) is 0 Å². The van der Waals surface area contributed by atoms with Gasteiger partial charge in [-0.25, -0.2) is 9.48 Å². The molecule has 0 atom stereocenters. The van der Waals surface area contributed by atoms with Gasteiger partial charge in [-0.3, -0.25) is 34.4 Å². The van der Waals surface area contributed by atoms with E-state index in [2.05, 4.69) is 26.3 Å². The molecule has 0 unspecified atom stereocenters. The highest BCUT2D eigenvalue weighted by Crippen LogP contribution is 2.13. The maximum Gasteiger partial charge on any atom is 0.350 e. The molecule has 212 valence electrons. The molecule has 4 heterocycles. The predicted octanol–water partition coefficient (Wildman–Crippen LogP) is 2.55. The average Bonchev–Trinajstić information content (AvgIpc) is 3.67. The minimum atomic E-state index is -0.592. The van der Waals surface area contributed by atoms with Crippen molar-refractivity contribution in [1.82, 2.24) is 38.7 Å². The molecule has 0 radical (unpaired) electrons. The molecule has 1 aromatic carbocycles. The van der Waals surface area contributed by atoms with Crippen molar-refractivity contribution in [2.45, 2.75) is 54.6 Å². The monoisotopic (exact) mass is 556 g/mol. The third kappa shape index (κ3) is 5.21. The normalized spacial score (nSPS) is 11.2. The molecule has 2 amide bonds. The molecule has 0 fully saturated rings. The molecular weight excluding hydrogens is 524 g/mol. The van der Waals surface area contributed by atoms with Crippen LogP contribution in [0.3, 0.4) is 0 Å². The zero-order valence-electron chi connectivity index (χ0n) is 23.8. The van der Waals surface area contributed by atoms with Gasteiger partial charge in [0.15, 0.2) is 11.4 Å². The Morgan fingerprint density at radius 1 is 0.732 bits per heavy atom. The summed E-state index contributed by atoms with van der Waals surface area (Å²) in [5, 5.41) is 12.6. The maximum atomic E-state index is 13.6. The van der Waals surface area contributed by atoms with Crippen molar-refractivity contribution < 1.29 is 9.59 Å². The van der Waals surface area contributed by atoms with Crippen LogP contribution in [0.4, 0.5) is 0 Å². The first kappa shape index (κ1) is 27.4. The van der Waals surface area contributed by atoms with E-state index >= 15 is 0 Å². The summed E-state index contributed by atoms with van der Waals surface area (Å²) in [5.74, 6) is -0.662. The number of aryl methyl sites for hydroxylation is 7. The second-order valence-electron chi connectivity index (χ2n) is 10.0. The molecular formula is C28H32N10O3. The highest BCUT2D eigenvalue weighted by molar-refractivity contribution is 6.10. The van der Waals surface area contributed by atoms with Gasteiger partial charge in [-0.2, -0.15) is 9.78 Å². The van der Waals surface area contributed by atoms with Gasteiger partial charge in [0.05, 0.1) is 12.2 Å². The van der Waals surface area contributed by atoms with E-state index in [1.807, 2.05) is 83.1 Å². The van der Waals surface area contributed by atoms with E-state index in [0.717, 1.165) is 28.3 Å². The van der Waals surface area contributed by atoms with Gasteiger partial charge >= 0.3 is 5.69 Å². The first-order chi connectivity index (χ1) is 19.5. The topological polar surface area (TPSA) is 139 Å². The first-order valence-corrected chi connectivity index (χ1v) is 13.1.